The average molecular weight is 271 g/mol. The Morgan fingerprint density at radius 1 is 1.30 bits per heavy atom. The maximum absolute atomic E-state index is 11.9. The topological polar surface area (TPSA) is 62.5 Å². The quantitative estimate of drug-likeness (QED) is 0.882. The lowest BCUT2D eigenvalue weighted by atomic mass is 9.84. The third-order valence-electron chi connectivity index (χ3n) is 4.04. The fourth-order valence-electron chi connectivity index (χ4n) is 2.62. The van der Waals surface area contributed by atoms with Crippen molar-refractivity contribution in [1.82, 2.24) is 0 Å². The number of nitrogens with one attached hydrogen (secondary N) is 1. The largest absolute Gasteiger partial charge is 0.469 e. The first-order valence-corrected chi connectivity index (χ1v) is 6.59. The number of furan rings is 1. The van der Waals surface area contributed by atoms with Gasteiger partial charge in [-0.3, -0.25) is 4.79 Å². The van der Waals surface area contributed by atoms with Gasteiger partial charge in [0.25, 0.3) is 0 Å². The zero-order valence-corrected chi connectivity index (χ0v) is 11.7. The molecule has 1 aromatic carbocycles. The van der Waals surface area contributed by atoms with Gasteiger partial charge in [-0.05, 0) is 50.1 Å². The van der Waals surface area contributed by atoms with Crippen molar-refractivity contribution >= 4 is 11.6 Å². The van der Waals surface area contributed by atoms with Crippen molar-refractivity contribution in [3.63, 3.8) is 0 Å². The summed E-state index contributed by atoms with van der Waals surface area (Å²) in [6, 6.07) is 7.33. The summed E-state index contributed by atoms with van der Waals surface area (Å²) in [6.45, 7) is 5.59. The number of hydrogen-bond donors (Lipinski definition) is 2. The number of anilines is 1. The molecule has 104 valence electrons. The van der Waals surface area contributed by atoms with E-state index in [9.17, 15) is 9.90 Å². The summed E-state index contributed by atoms with van der Waals surface area (Å²) in [7, 11) is 0. The molecule has 1 unspecified atom stereocenters. The van der Waals surface area contributed by atoms with Gasteiger partial charge in [0.1, 0.15) is 11.9 Å². The monoisotopic (exact) mass is 271 g/mol. The van der Waals surface area contributed by atoms with Crippen LogP contribution in [0.1, 0.15) is 42.4 Å². The average Bonchev–Trinajstić information content (AvgIpc) is 2.92. The lowest BCUT2D eigenvalue weighted by molar-refractivity contribution is -0.119. The number of rotatable bonds is 2. The van der Waals surface area contributed by atoms with E-state index in [4.69, 9.17) is 4.42 Å². The van der Waals surface area contributed by atoms with Crippen LogP contribution in [-0.2, 0) is 10.2 Å². The molecule has 20 heavy (non-hydrogen) atoms. The summed E-state index contributed by atoms with van der Waals surface area (Å²) in [5.41, 5.74) is 2.68. The molecule has 1 amide bonds. The number of aliphatic hydroxyl groups excluding tert-OH is 1. The van der Waals surface area contributed by atoms with Crippen molar-refractivity contribution in [2.75, 3.05) is 5.32 Å². The number of benzene rings is 1. The number of aryl methyl sites for hydroxylation is 1. The Kier molecular flexibility index (Phi) is 2.73. The fourth-order valence-corrected chi connectivity index (χ4v) is 2.62. The lowest BCUT2D eigenvalue weighted by Crippen LogP contribution is -2.26. The number of carbonyl (C=O) groups excluding carboxylic acids is 1. The molecule has 0 radical (unpaired) electrons. The minimum absolute atomic E-state index is 0.0152. The number of aliphatic hydroxyl groups is 1. The second-order valence-electron chi connectivity index (χ2n) is 5.72. The van der Waals surface area contributed by atoms with E-state index >= 15 is 0 Å². The van der Waals surface area contributed by atoms with E-state index < -0.39 is 11.5 Å². The first-order valence-electron chi connectivity index (χ1n) is 6.59. The Morgan fingerprint density at radius 3 is 2.70 bits per heavy atom. The van der Waals surface area contributed by atoms with E-state index in [-0.39, 0.29) is 5.91 Å². The van der Waals surface area contributed by atoms with Crippen molar-refractivity contribution < 1.29 is 14.3 Å². The molecule has 0 spiro atoms. The Hall–Kier alpha value is -2.07. The van der Waals surface area contributed by atoms with Crippen LogP contribution in [0.2, 0.25) is 0 Å². The third-order valence-corrected chi connectivity index (χ3v) is 4.04. The van der Waals surface area contributed by atoms with Crippen LogP contribution in [0, 0.1) is 6.92 Å². The highest BCUT2D eigenvalue weighted by Gasteiger charge is 2.38. The van der Waals surface area contributed by atoms with E-state index in [0.717, 1.165) is 22.4 Å². The van der Waals surface area contributed by atoms with Crippen LogP contribution in [0.25, 0.3) is 0 Å². The molecule has 1 aliphatic rings. The normalized spacial score (nSPS) is 17.7. The van der Waals surface area contributed by atoms with E-state index in [1.54, 1.807) is 12.3 Å². The zero-order valence-electron chi connectivity index (χ0n) is 11.7. The van der Waals surface area contributed by atoms with Gasteiger partial charge in [-0.1, -0.05) is 6.07 Å². The zero-order chi connectivity index (χ0) is 14.5. The highest BCUT2D eigenvalue weighted by Crippen LogP contribution is 2.39. The van der Waals surface area contributed by atoms with Gasteiger partial charge in [-0.2, -0.15) is 0 Å². The van der Waals surface area contributed by atoms with Crippen LogP contribution in [0.4, 0.5) is 5.69 Å². The minimum atomic E-state index is -0.745. The summed E-state index contributed by atoms with van der Waals surface area (Å²) < 4.78 is 5.23. The molecule has 2 N–H and O–H groups in total. The maximum atomic E-state index is 11.9. The van der Waals surface area contributed by atoms with Crippen LogP contribution in [0.3, 0.4) is 0 Å². The summed E-state index contributed by atoms with van der Waals surface area (Å²) in [6.07, 6.45) is 0.821. The number of carbonyl (C=O) groups is 1. The SMILES string of the molecule is Cc1occc1C(O)c1ccc2c(c1)C(C)(C)C(=O)N2. The Labute approximate surface area is 117 Å². The van der Waals surface area contributed by atoms with E-state index in [1.807, 2.05) is 39.0 Å². The number of amides is 1. The molecule has 2 aromatic rings. The van der Waals surface area contributed by atoms with Crippen LogP contribution in [0.15, 0.2) is 34.9 Å². The van der Waals surface area contributed by atoms with Crippen molar-refractivity contribution in [2.24, 2.45) is 0 Å². The van der Waals surface area contributed by atoms with Gasteiger partial charge < -0.3 is 14.8 Å². The van der Waals surface area contributed by atoms with Crippen molar-refractivity contribution in [2.45, 2.75) is 32.3 Å². The molecule has 0 bridgehead atoms. The maximum Gasteiger partial charge on any atom is 0.234 e. The summed E-state index contributed by atoms with van der Waals surface area (Å²) in [4.78, 5) is 11.9. The second kappa shape index (κ2) is 4.21. The van der Waals surface area contributed by atoms with Crippen molar-refractivity contribution in [3.8, 4) is 0 Å². The number of fused-ring (bicyclic) bond motifs is 1. The van der Waals surface area contributed by atoms with E-state index in [1.165, 1.54) is 0 Å². The van der Waals surface area contributed by atoms with Gasteiger partial charge in [0.15, 0.2) is 0 Å². The van der Waals surface area contributed by atoms with Gasteiger partial charge in [0.05, 0.1) is 11.7 Å². The Morgan fingerprint density at radius 2 is 2.05 bits per heavy atom. The highest BCUT2D eigenvalue weighted by molar-refractivity contribution is 6.05. The van der Waals surface area contributed by atoms with Crippen LogP contribution < -0.4 is 5.32 Å². The molecule has 0 aliphatic carbocycles. The first kappa shape index (κ1) is 12.9. The molecule has 0 fully saturated rings. The third kappa shape index (κ3) is 1.76. The van der Waals surface area contributed by atoms with E-state index in [2.05, 4.69) is 5.32 Å². The van der Waals surface area contributed by atoms with Gasteiger partial charge in [-0.25, -0.2) is 0 Å². The van der Waals surface area contributed by atoms with Gasteiger partial charge in [0, 0.05) is 11.3 Å². The van der Waals surface area contributed by atoms with Crippen LogP contribution in [-0.4, -0.2) is 11.0 Å². The van der Waals surface area contributed by atoms with Gasteiger partial charge in [-0.15, -0.1) is 0 Å². The Bertz CT molecular complexity index is 685. The summed E-state index contributed by atoms with van der Waals surface area (Å²) in [5.74, 6) is 0.685. The summed E-state index contributed by atoms with van der Waals surface area (Å²) in [5, 5.41) is 13.3. The highest BCUT2D eigenvalue weighted by atomic mass is 16.3. The van der Waals surface area contributed by atoms with Gasteiger partial charge in [0.2, 0.25) is 5.91 Å². The molecule has 0 saturated carbocycles. The predicted octanol–water partition coefficient (Wildman–Crippen LogP) is 2.90. The molecule has 3 rings (SSSR count). The minimum Gasteiger partial charge on any atom is -0.469 e. The molecule has 2 heterocycles. The smallest absolute Gasteiger partial charge is 0.234 e. The van der Waals surface area contributed by atoms with Gasteiger partial charge >= 0.3 is 0 Å². The molecular weight excluding hydrogens is 254 g/mol. The molecule has 1 aliphatic heterocycles. The standard InChI is InChI=1S/C16H17NO3/c1-9-11(6-7-20-9)14(18)10-4-5-13-12(8-10)16(2,3)15(19)17-13/h4-8,14,18H,1-3H3,(H,17,19). The first-order chi connectivity index (χ1) is 9.41. The van der Waals surface area contributed by atoms with Crippen LogP contribution in [0.5, 0.6) is 0 Å². The van der Waals surface area contributed by atoms with Crippen molar-refractivity contribution in [3.05, 3.63) is 53.0 Å². The second-order valence-corrected chi connectivity index (χ2v) is 5.72. The molecular formula is C16H17NO3. The molecule has 1 aromatic heterocycles. The molecule has 4 heteroatoms. The number of hydrogen-bond acceptors (Lipinski definition) is 3. The lowest BCUT2D eigenvalue weighted by Gasteiger charge is -2.17. The predicted molar refractivity (Wildman–Crippen MR) is 75.6 cm³/mol. The van der Waals surface area contributed by atoms with Crippen molar-refractivity contribution in [1.29, 1.82) is 0 Å². The van der Waals surface area contributed by atoms with Crippen LogP contribution >= 0.6 is 0 Å². The summed E-state index contributed by atoms with van der Waals surface area (Å²) >= 11 is 0. The molecule has 1 atom stereocenters. The Balaban J connectivity index is 2.04. The molecule has 4 nitrogen and oxygen atoms in total. The molecule has 0 saturated heterocycles. The van der Waals surface area contributed by atoms with E-state index in [0.29, 0.717) is 5.76 Å². The fraction of sp³-hybridized carbons (Fsp3) is 0.312.